The summed E-state index contributed by atoms with van der Waals surface area (Å²) in [5.74, 6) is 0. The molecule has 2 aromatic rings. The third-order valence-electron chi connectivity index (χ3n) is 5.96. The van der Waals surface area contributed by atoms with Gasteiger partial charge in [0.05, 0.1) is 6.04 Å². The molecule has 0 N–H and O–H groups in total. The second kappa shape index (κ2) is 6.88. The van der Waals surface area contributed by atoms with Crippen molar-refractivity contribution < 1.29 is 6.17 Å². The number of nitrogens with zero attached hydrogens (tertiary/aromatic N) is 2. The minimum Gasteiger partial charge on any atom is -0.343 e. The maximum Gasteiger partial charge on any atom is 0.209 e. The monoisotopic (exact) mass is 350 g/mol. The summed E-state index contributed by atoms with van der Waals surface area (Å²) >= 11 is 0. The molecule has 2 aromatic carbocycles. The predicted octanol–water partition coefficient (Wildman–Crippen LogP) is 3.57. The smallest absolute Gasteiger partial charge is 0.209 e. The Bertz CT molecular complexity index is 884. The molecule has 1 fully saturated rings. The molecule has 1 unspecified atom stereocenters. The summed E-state index contributed by atoms with van der Waals surface area (Å²) < 4.78 is 7.40. The number of benzene rings is 2. The van der Waals surface area contributed by atoms with E-state index in [1.807, 2.05) is 0 Å². The molecule has 136 valence electrons. The van der Waals surface area contributed by atoms with E-state index < -0.39 is 6.39 Å². The predicted molar refractivity (Wildman–Crippen MR) is 106 cm³/mol. The second-order valence-electron chi connectivity index (χ2n) is 7.87. The van der Waals surface area contributed by atoms with Gasteiger partial charge in [-0.2, -0.15) is 0 Å². The quantitative estimate of drug-likeness (QED) is 0.734. The topological polar surface area (TPSA) is 23.6 Å². The first kappa shape index (κ1) is 16.1. The maximum absolute atomic E-state index is 11.4. The van der Waals surface area contributed by atoms with Crippen LogP contribution in [0.1, 0.15) is 46.4 Å². The lowest BCUT2D eigenvalue weighted by atomic mass is 9.88. The van der Waals surface area contributed by atoms with Crippen molar-refractivity contribution in [3.8, 4) is 0 Å². The summed E-state index contributed by atoms with van der Waals surface area (Å²) in [6, 6.07) is 11.8. The number of piperazine rings is 1. The zero-order valence-electron chi connectivity index (χ0n) is 17.0. The van der Waals surface area contributed by atoms with Crippen LogP contribution < -0.4 is 0 Å². The van der Waals surface area contributed by atoms with E-state index >= 15 is 0 Å². The van der Waals surface area contributed by atoms with Crippen LogP contribution in [-0.4, -0.2) is 42.4 Å². The van der Waals surface area contributed by atoms with Crippen molar-refractivity contribution in [2.45, 2.75) is 39.7 Å². The highest BCUT2D eigenvalue weighted by atomic mass is 16.1. The molecule has 0 aromatic heterocycles. The van der Waals surface area contributed by atoms with Gasteiger partial charge in [0.15, 0.2) is 0 Å². The van der Waals surface area contributed by atoms with Gasteiger partial charge in [-0.3, -0.25) is 9.69 Å². The Labute approximate surface area is 158 Å². The third-order valence-corrected chi connectivity index (χ3v) is 5.96. The van der Waals surface area contributed by atoms with Crippen LogP contribution in [-0.2, 0) is 17.6 Å². The molecule has 1 heterocycles. The number of rotatable bonds is 1. The van der Waals surface area contributed by atoms with Gasteiger partial charge in [0, 0.05) is 26.2 Å². The fraction of sp³-hybridized carbons (Fsp3) is 0.435. The van der Waals surface area contributed by atoms with E-state index in [1.165, 1.54) is 38.9 Å². The lowest BCUT2D eigenvalue weighted by molar-refractivity contribution is -0.119. The van der Waals surface area contributed by atoms with Crippen LogP contribution >= 0.6 is 0 Å². The van der Waals surface area contributed by atoms with Crippen molar-refractivity contribution in [3.63, 3.8) is 0 Å². The fourth-order valence-electron chi connectivity index (χ4n) is 4.76. The fourth-order valence-corrected chi connectivity index (χ4v) is 4.76. The van der Waals surface area contributed by atoms with E-state index in [0.717, 1.165) is 25.9 Å². The number of hydrogen-bond acceptors (Lipinski definition) is 2. The molecule has 0 spiro atoms. The first-order valence-electron chi connectivity index (χ1n) is 10.1. The maximum atomic E-state index is 11.4. The molecule has 4 rings (SSSR count). The van der Waals surface area contributed by atoms with Crippen LogP contribution in [0.5, 0.6) is 0 Å². The normalized spacial score (nSPS) is 20.8. The highest BCUT2D eigenvalue weighted by molar-refractivity contribution is 5.51. The molecule has 1 amide bonds. The molecular weight excluding hydrogens is 320 g/mol. The standard InChI is InChI=1S/C23H28N2O/c1-16-4-7-21-19(13-16)5-6-20-14-17(2)12-18(3)22(20)23(21)25-10-8-24(15-26)9-11-25/h4,7,12-15,23H,5-6,8-11H2,1-3H3/i15T. The molecule has 1 atom stereocenters. The van der Waals surface area contributed by atoms with Crippen LogP contribution in [0.4, 0.5) is 0 Å². The highest BCUT2D eigenvalue weighted by Crippen LogP contribution is 2.39. The van der Waals surface area contributed by atoms with Crippen molar-refractivity contribution in [1.82, 2.24) is 9.80 Å². The molecule has 0 saturated carbocycles. The lowest BCUT2D eigenvalue weighted by Crippen LogP contribution is -2.47. The molecule has 0 radical (unpaired) electrons. The number of carbonyl (C=O) groups is 1. The summed E-state index contributed by atoms with van der Waals surface area (Å²) in [5.41, 5.74) is 9.79. The summed E-state index contributed by atoms with van der Waals surface area (Å²) in [7, 11) is 0. The molecule has 2 aliphatic rings. The van der Waals surface area contributed by atoms with Crippen molar-refractivity contribution in [3.05, 3.63) is 69.3 Å². The average Bonchev–Trinajstić information content (AvgIpc) is 2.78. The summed E-state index contributed by atoms with van der Waals surface area (Å²) in [5, 5.41) is 0. The molecule has 1 aliphatic heterocycles. The number of amides is 1. The van der Waals surface area contributed by atoms with Gasteiger partial charge >= 0.3 is 0 Å². The minimum atomic E-state index is -0.557. The number of carbonyl (C=O) groups excluding carboxylic acids is 1. The van der Waals surface area contributed by atoms with Gasteiger partial charge in [-0.1, -0.05) is 41.5 Å². The van der Waals surface area contributed by atoms with Gasteiger partial charge in [0.1, 0.15) is 1.37 Å². The Morgan fingerprint density at radius 2 is 1.65 bits per heavy atom. The Morgan fingerprint density at radius 1 is 0.962 bits per heavy atom. The van der Waals surface area contributed by atoms with Crippen LogP contribution in [0, 0.1) is 20.8 Å². The molecule has 1 aliphatic carbocycles. The van der Waals surface area contributed by atoms with E-state index in [4.69, 9.17) is 1.37 Å². The molecule has 3 nitrogen and oxygen atoms in total. The van der Waals surface area contributed by atoms with E-state index in [-0.39, 0.29) is 6.04 Å². The first-order chi connectivity index (χ1) is 12.9. The summed E-state index contributed by atoms with van der Waals surface area (Å²) in [4.78, 5) is 15.6. The van der Waals surface area contributed by atoms with Crippen molar-refractivity contribution in [2.24, 2.45) is 0 Å². The number of aryl methyl sites for hydroxylation is 5. The van der Waals surface area contributed by atoms with Gasteiger partial charge in [0.2, 0.25) is 6.39 Å². The zero-order valence-corrected chi connectivity index (χ0v) is 16.0. The second-order valence-corrected chi connectivity index (χ2v) is 7.87. The number of fused-ring (bicyclic) bond motifs is 2. The Balaban J connectivity index is 1.80. The first-order valence-corrected chi connectivity index (χ1v) is 9.63. The Hall–Kier alpha value is -2.13. The largest absolute Gasteiger partial charge is 0.343 e. The Kier molecular flexibility index (Phi) is 4.25. The average molecular weight is 350 g/mol. The minimum absolute atomic E-state index is 0.238. The van der Waals surface area contributed by atoms with Crippen LogP contribution in [0.15, 0.2) is 30.3 Å². The third kappa shape index (κ3) is 3.05. The molecule has 26 heavy (non-hydrogen) atoms. The van der Waals surface area contributed by atoms with E-state index in [9.17, 15) is 4.79 Å². The van der Waals surface area contributed by atoms with Gasteiger partial charge in [-0.05, 0) is 61.4 Å². The summed E-state index contributed by atoms with van der Waals surface area (Å²) in [6.07, 6.45) is 1.60. The van der Waals surface area contributed by atoms with Crippen molar-refractivity contribution in [2.75, 3.05) is 26.2 Å². The van der Waals surface area contributed by atoms with Crippen molar-refractivity contribution >= 4 is 6.39 Å². The SMILES string of the molecule is [3H]C(=O)N1CCN(C2c3ccc(C)cc3CCc3cc(C)cc(C)c32)CC1. The molecular formula is C23H28N2O. The van der Waals surface area contributed by atoms with Crippen LogP contribution in [0.2, 0.25) is 0 Å². The van der Waals surface area contributed by atoms with Crippen LogP contribution in [0.3, 0.4) is 0 Å². The van der Waals surface area contributed by atoms with E-state index in [0.29, 0.717) is 13.1 Å². The highest BCUT2D eigenvalue weighted by Gasteiger charge is 2.32. The summed E-state index contributed by atoms with van der Waals surface area (Å²) in [6.45, 7) is 9.50. The lowest BCUT2D eigenvalue weighted by Gasteiger charge is -2.39. The van der Waals surface area contributed by atoms with Crippen LogP contribution in [0.25, 0.3) is 0 Å². The van der Waals surface area contributed by atoms with Gasteiger partial charge in [-0.15, -0.1) is 0 Å². The Morgan fingerprint density at radius 3 is 2.38 bits per heavy atom. The molecule has 1 saturated heterocycles. The zero-order chi connectivity index (χ0) is 19.1. The van der Waals surface area contributed by atoms with Gasteiger partial charge in [-0.25, -0.2) is 0 Å². The van der Waals surface area contributed by atoms with Crippen molar-refractivity contribution in [1.29, 1.82) is 0 Å². The molecule has 3 heteroatoms. The van der Waals surface area contributed by atoms with Gasteiger partial charge in [0.25, 0.3) is 0 Å². The van der Waals surface area contributed by atoms with E-state index in [1.54, 1.807) is 4.90 Å². The van der Waals surface area contributed by atoms with Gasteiger partial charge < -0.3 is 4.90 Å². The number of hydrogen-bond donors (Lipinski definition) is 0. The molecule has 0 bridgehead atoms. The van der Waals surface area contributed by atoms with E-state index in [2.05, 4.69) is 56.0 Å².